The maximum Gasteiger partial charge on any atom is 0.148 e. The Kier molecular flexibility index (Phi) is 4.55. The van der Waals surface area contributed by atoms with E-state index in [9.17, 15) is 4.39 Å². The molecule has 4 N–H and O–H groups in total. The van der Waals surface area contributed by atoms with Crippen LogP contribution in [0.4, 0.5) is 10.1 Å². The molecule has 0 saturated heterocycles. The van der Waals surface area contributed by atoms with Crippen LogP contribution in [-0.4, -0.2) is 17.6 Å². The van der Waals surface area contributed by atoms with Crippen molar-refractivity contribution in [2.24, 2.45) is 10.9 Å². The molecule has 0 fully saturated rings. The van der Waals surface area contributed by atoms with E-state index in [1.807, 2.05) is 30.3 Å². The topological polar surface area (TPSA) is 70.6 Å². The summed E-state index contributed by atoms with van der Waals surface area (Å²) in [5.74, 6) is -0.413. The number of nitrogens with one attached hydrogen (secondary N) is 1. The van der Waals surface area contributed by atoms with Crippen molar-refractivity contribution < 1.29 is 9.60 Å². The molecule has 1 unspecified atom stereocenters. The number of anilines is 1. The van der Waals surface area contributed by atoms with Gasteiger partial charge >= 0.3 is 0 Å². The third kappa shape index (κ3) is 3.47. The normalized spacial score (nSPS) is 12.9. The quantitative estimate of drug-likeness (QED) is 0.339. The number of halogens is 1. The van der Waals surface area contributed by atoms with E-state index >= 15 is 0 Å². The number of nitrogens with two attached hydrogens (primary N) is 1. The van der Waals surface area contributed by atoms with Crippen molar-refractivity contribution in [1.82, 2.24) is 0 Å². The summed E-state index contributed by atoms with van der Waals surface area (Å²) < 4.78 is 12.8. The molecule has 2 aromatic rings. The van der Waals surface area contributed by atoms with Gasteiger partial charge in [0.15, 0.2) is 0 Å². The van der Waals surface area contributed by atoms with Crippen LogP contribution in [0.5, 0.6) is 0 Å². The predicted molar refractivity (Wildman–Crippen MR) is 77.5 cm³/mol. The molecule has 2 rings (SSSR count). The minimum Gasteiger partial charge on any atom is -0.409 e. The smallest absolute Gasteiger partial charge is 0.148 e. The van der Waals surface area contributed by atoms with Crippen LogP contribution in [0.3, 0.4) is 0 Å². The van der Waals surface area contributed by atoms with Crippen LogP contribution in [0, 0.1) is 5.82 Å². The first-order valence-corrected chi connectivity index (χ1v) is 6.22. The largest absolute Gasteiger partial charge is 0.409 e. The summed E-state index contributed by atoms with van der Waals surface area (Å²) >= 11 is 0. The minimum atomic E-state index is -0.286. The Labute approximate surface area is 116 Å². The summed E-state index contributed by atoms with van der Waals surface area (Å²) in [6.45, 7) is 0.450. The third-order valence-electron chi connectivity index (χ3n) is 3.03. The SMILES string of the molecule is NC(=NO)C(CNc1ccc(F)cc1)c1ccccc1. The summed E-state index contributed by atoms with van der Waals surface area (Å²) in [6.07, 6.45) is 0. The lowest BCUT2D eigenvalue weighted by Crippen LogP contribution is -2.28. The number of rotatable bonds is 5. The van der Waals surface area contributed by atoms with Crippen LogP contribution >= 0.6 is 0 Å². The summed E-state index contributed by atoms with van der Waals surface area (Å²) in [5.41, 5.74) is 7.46. The van der Waals surface area contributed by atoms with Crippen molar-refractivity contribution in [3.05, 3.63) is 66.0 Å². The van der Waals surface area contributed by atoms with Gasteiger partial charge in [-0.15, -0.1) is 0 Å². The van der Waals surface area contributed by atoms with E-state index in [1.54, 1.807) is 12.1 Å². The van der Waals surface area contributed by atoms with Gasteiger partial charge in [0.05, 0.1) is 5.92 Å². The summed E-state index contributed by atoms with van der Waals surface area (Å²) in [4.78, 5) is 0. The van der Waals surface area contributed by atoms with Crippen LogP contribution in [0.25, 0.3) is 0 Å². The Bertz CT molecular complexity index is 569. The Morgan fingerprint density at radius 2 is 1.80 bits per heavy atom. The highest BCUT2D eigenvalue weighted by Crippen LogP contribution is 2.17. The third-order valence-corrected chi connectivity index (χ3v) is 3.03. The fraction of sp³-hybridized carbons (Fsp3) is 0.133. The molecule has 20 heavy (non-hydrogen) atoms. The number of hydrogen-bond acceptors (Lipinski definition) is 3. The summed E-state index contributed by atoms with van der Waals surface area (Å²) in [7, 11) is 0. The molecule has 1 atom stereocenters. The van der Waals surface area contributed by atoms with E-state index in [4.69, 9.17) is 10.9 Å². The van der Waals surface area contributed by atoms with Gasteiger partial charge in [-0.25, -0.2) is 4.39 Å². The zero-order chi connectivity index (χ0) is 14.4. The van der Waals surface area contributed by atoms with Crippen LogP contribution < -0.4 is 11.1 Å². The Morgan fingerprint density at radius 1 is 1.15 bits per heavy atom. The molecule has 5 heteroatoms. The predicted octanol–water partition coefficient (Wildman–Crippen LogP) is 2.77. The van der Waals surface area contributed by atoms with Gasteiger partial charge in [0.25, 0.3) is 0 Å². The van der Waals surface area contributed by atoms with E-state index in [1.165, 1.54) is 12.1 Å². The molecule has 0 amide bonds. The van der Waals surface area contributed by atoms with Crippen LogP contribution in [0.2, 0.25) is 0 Å². The van der Waals surface area contributed by atoms with E-state index in [2.05, 4.69) is 10.5 Å². The molecule has 2 aromatic carbocycles. The van der Waals surface area contributed by atoms with E-state index in [0.29, 0.717) is 6.54 Å². The first-order valence-electron chi connectivity index (χ1n) is 6.22. The highest BCUT2D eigenvalue weighted by molar-refractivity contribution is 5.87. The molecular weight excluding hydrogens is 257 g/mol. The lowest BCUT2D eigenvalue weighted by Gasteiger charge is -2.17. The number of oxime groups is 1. The van der Waals surface area contributed by atoms with Crippen LogP contribution in [0.15, 0.2) is 59.8 Å². The van der Waals surface area contributed by atoms with Gasteiger partial charge < -0.3 is 16.3 Å². The Hall–Kier alpha value is -2.56. The summed E-state index contributed by atoms with van der Waals surface area (Å²) in [5, 5.41) is 15.1. The monoisotopic (exact) mass is 273 g/mol. The molecule has 0 bridgehead atoms. The van der Waals surface area contributed by atoms with Gasteiger partial charge in [0, 0.05) is 12.2 Å². The first-order chi connectivity index (χ1) is 9.70. The van der Waals surface area contributed by atoms with Crippen molar-refractivity contribution in [2.45, 2.75) is 5.92 Å². The maximum absolute atomic E-state index is 12.8. The fourth-order valence-corrected chi connectivity index (χ4v) is 1.94. The zero-order valence-electron chi connectivity index (χ0n) is 10.8. The van der Waals surface area contributed by atoms with Gasteiger partial charge in [0.1, 0.15) is 11.7 Å². The van der Waals surface area contributed by atoms with Gasteiger partial charge in [-0.1, -0.05) is 35.5 Å². The highest BCUT2D eigenvalue weighted by Gasteiger charge is 2.16. The summed E-state index contributed by atoms with van der Waals surface area (Å²) in [6, 6.07) is 15.6. The average molecular weight is 273 g/mol. The second-order valence-corrected chi connectivity index (χ2v) is 4.38. The minimum absolute atomic E-state index is 0.130. The number of nitrogens with zero attached hydrogens (tertiary/aromatic N) is 1. The van der Waals surface area contributed by atoms with Crippen molar-refractivity contribution >= 4 is 11.5 Å². The standard InChI is InChI=1S/C15H16FN3O/c16-12-6-8-13(9-7-12)18-10-14(15(17)19-20)11-4-2-1-3-5-11/h1-9,14,18,20H,10H2,(H2,17,19). The highest BCUT2D eigenvalue weighted by atomic mass is 19.1. The van der Waals surface area contributed by atoms with Crippen molar-refractivity contribution in [3.8, 4) is 0 Å². The first kappa shape index (κ1) is 13.9. The molecule has 0 aliphatic carbocycles. The van der Waals surface area contributed by atoms with Crippen molar-refractivity contribution in [2.75, 3.05) is 11.9 Å². The Morgan fingerprint density at radius 3 is 2.40 bits per heavy atom. The lowest BCUT2D eigenvalue weighted by atomic mass is 9.98. The van der Waals surface area contributed by atoms with Crippen LogP contribution in [-0.2, 0) is 0 Å². The average Bonchev–Trinajstić information content (AvgIpc) is 2.50. The molecule has 0 radical (unpaired) electrons. The van der Waals surface area contributed by atoms with E-state index in [-0.39, 0.29) is 17.6 Å². The van der Waals surface area contributed by atoms with Crippen molar-refractivity contribution in [3.63, 3.8) is 0 Å². The molecule has 0 aromatic heterocycles. The number of hydrogen-bond donors (Lipinski definition) is 3. The molecule has 0 aliphatic rings. The zero-order valence-corrected chi connectivity index (χ0v) is 10.8. The molecule has 0 saturated carbocycles. The lowest BCUT2D eigenvalue weighted by molar-refractivity contribution is 0.316. The van der Waals surface area contributed by atoms with Crippen LogP contribution in [0.1, 0.15) is 11.5 Å². The van der Waals surface area contributed by atoms with Gasteiger partial charge in [-0.2, -0.15) is 0 Å². The second kappa shape index (κ2) is 6.56. The second-order valence-electron chi connectivity index (χ2n) is 4.38. The molecule has 0 heterocycles. The molecule has 4 nitrogen and oxygen atoms in total. The maximum atomic E-state index is 12.8. The Balaban J connectivity index is 2.11. The number of amidine groups is 1. The van der Waals surface area contributed by atoms with E-state index in [0.717, 1.165) is 11.3 Å². The number of benzene rings is 2. The van der Waals surface area contributed by atoms with E-state index < -0.39 is 0 Å². The molecule has 0 aliphatic heterocycles. The van der Waals surface area contributed by atoms with Crippen molar-refractivity contribution in [1.29, 1.82) is 0 Å². The molecule has 104 valence electrons. The van der Waals surface area contributed by atoms with Gasteiger partial charge in [-0.3, -0.25) is 0 Å². The molecule has 0 spiro atoms. The fourth-order valence-electron chi connectivity index (χ4n) is 1.94. The van der Waals surface area contributed by atoms with Gasteiger partial charge in [0.2, 0.25) is 0 Å². The van der Waals surface area contributed by atoms with Gasteiger partial charge in [-0.05, 0) is 29.8 Å². The molecular formula is C15H16FN3O.